The van der Waals surface area contributed by atoms with E-state index < -0.39 is 0 Å². The number of hydrogen-bond acceptors (Lipinski definition) is 4. The number of hydrogen-bond donors (Lipinski definition) is 1. The summed E-state index contributed by atoms with van der Waals surface area (Å²) in [4.78, 5) is 8.09. The molecule has 0 atom stereocenters. The fraction of sp³-hybridized carbons (Fsp3) is 0.167. The van der Waals surface area contributed by atoms with Gasteiger partial charge in [-0.3, -0.25) is 0 Å². The van der Waals surface area contributed by atoms with E-state index in [9.17, 15) is 9.50 Å². The molecule has 0 aliphatic rings. The summed E-state index contributed by atoms with van der Waals surface area (Å²) in [6, 6.07) is 7.18. The van der Waals surface area contributed by atoms with Crippen LogP contribution in [0.4, 0.5) is 4.39 Å². The molecule has 1 aromatic heterocycles. The molecule has 2 aromatic rings. The Morgan fingerprint density at radius 1 is 1.24 bits per heavy atom. The van der Waals surface area contributed by atoms with Crippen LogP contribution in [0.2, 0.25) is 0 Å². The van der Waals surface area contributed by atoms with Gasteiger partial charge in [0.2, 0.25) is 5.88 Å². The maximum Gasteiger partial charge on any atom is 0.214 e. The number of aromatic nitrogens is 2. The van der Waals surface area contributed by atoms with E-state index in [2.05, 4.69) is 9.97 Å². The van der Waals surface area contributed by atoms with Crippen molar-refractivity contribution in [2.45, 2.75) is 6.61 Å². The molecule has 0 spiro atoms. The summed E-state index contributed by atoms with van der Waals surface area (Å²) in [6.07, 6.45) is 0. The summed E-state index contributed by atoms with van der Waals surface area (Å²) in [5.41, 5.74) is 1.21. The van der Waals surface area contributed by atoms with Crippen LogP contribution in [0, 0.1) is 5.82 Å². The second-order valence-electron chi connectivity index (χ2n) is 3.48. The number of rotatable bonds is 3. The van der Waals surface area contributed by atoms with E-state index in [1.807, 2.05) is 0 Å². The van der Waals surface area contributed by atoms with Gasteiger partial charge in [-0.2, -0.15) is 4.98 Å². The van der Waals surface area contributed by atoms with Crippen molar-refractivity contribution in [3.8, 4) is 17.3 Å². The van der Waals surface area contributed by atoms with Crippen LogP contribution >= 0.6 is 0 Å². The molecule has 0 radical (unpaired) electrons. The van der Waals surface area contributed by atoms with E-state index >= 15 is 0 Å². The lowest BCUT2D eigenvalue weighted by atomic mass is 10.2. The minimum atomic E-state index is -0.328. The largest absolute Gasteiger partial charge is 0.493 e. The zero-order chi connectivity index (χ0) is 12.3. The first-order chi connectivity index (χ1) is 8.19. The second-order valence-corrected chi connectivity index (χ2v) is 3.48. The van der Waals surface area contributed by atoms with Crippen molar-refractivity contribution in [2.24, 2.45) is 0 Å². The normalized spacial score (nSPS) is 10.5. The van der Waals surface area contributed by atoms with Gasteiger partial charge in [0, 0.05) is 18.7 Å². The van der Waals surface area contributed by atoms with Crippen molar-refractivity contribution in [2.75, 3.05) is 7.11 Å². The maximum atomic E-state index is 12.8. The second kappa shape index (κ2) is 4.88. The lowest BCUT2D eigenvalue weighted by Gasteiger charge is -2.04. The van der Waals surface area contributed by atoms with Crippen LogP contribution in [0.5, 0.6) is 5.88 Å². The third-order valence-electron chi connectivity index (χ3n) is 2.16. The quantitative estimate of drug-likeness (QED) is 0.883. The monoisotopic (exact) mass is 234 g/mol. The number of benzene rings is 1. The highest BCUT2D eigenvalue weighted by atomic mass is 19.1. The molecule has 17 heavy (non-hydrogen) atoms. The summed E-state index contributed by atoms with van der Waals surface area (Å²) in [6.45, 7) is 0.282. The van der Waals surface area contributed by atoms with Crippen molar-refractivity contribution < 1.29 is 14.2 Å². The standard InChI is InChI=1S/C12H11FN2O2/c1-17-7-10-6-11(16)15-12(14-10)8-2-4-9(13)5-3-8/h2-6H,7H2,1H3,(H,14,15,16). The van der Waals surface area contributed by atoms with Crippen LogP contribution in [-0.2, 0) is 11.3 Å². The van der Waals surface area contributed by atoms with E-state index in [1.54, 1.807) is 12.1 Å². The molecule has 1 heterocycles. The third-order valence-corrected chi connectivity index (χ3v) is 2.16. The number of methoxy groups -OCH3 is 1. The third kappa shape index (κ3) is 2.76. The van der Waals surface area contributed by atoms with Gasteiger partial charge in [-0.1, -0.05) is 0 Å². The van der Waals surface area contributed by atoms with E-state index in [1.165, 1.54) is 25.3 Å². The molecular weight excluding hydrogens is 223 g/mol. The predicted molar refractivity (Wildman–Crippen MR) is 59.8 cm³/mol. The van der Waals surface area contributed by atoms with Gasteiger partial charge < -0.3 is 9.84 Å². The molecule has 1 aromatic carbocycles. The SMILES string of the molecule is COCc1cc(O)nc(-c2ccc(F)cc2)n1. The summed E-state index contributed by atoms with van der Waals surface area (Å²) in [5.74, 6) is -0.116. The average Bonchev–Trinajstić information content (AvgIpc) is 2.29. The lowest BCUT2D eigenvalue weighted by Crippen LogP contribution is -1.97. The molecule has 2 rings (SSSR count). The van der Waals surface area contributed by atoms with Gasteiger partial charge in [0.15, 0.2) is 5.82 Å². The van der Waals surface area contributed by atoms with Crippen LogP contribution in [-0.4, -0.2) is 22.2 Å². The molecule has 0 saturated heterocycles. The smallest absolute Gasteiger partial charge is 0.214 e. The van der Waals surface area contributed by atoms with Crippen LogP contribution in [0.3, 0.4) is 0 Å². The molecular formula is C12H11FN2O2. The van der Waals surface area contributed by atoms with Crippen LogP contribution in [0.1, 0.15) is 5.69 Å². The van der Waals surface area contributed by atoms with Gasteiger partial charge in [-0.05, 0) is 24.3 Å². The van der Waals surface area contributed by atoms with Crippen molar-refractivity contribution in [1.82, 2.24) is 9.97 Å². The molecule has 0 bridgehead atoms. The van der Waals surface area contributed by atoms with Gasteiger partial charge in [-0.15, -0.1) is 0 Å². The Bertz CT molecular complexity index is 514. The Morgan fingerprint density at radius 2 is 1.94 bits per heavy atom. The summed E-state index contributed by atoms with van der Waals surface area (Å²) in [5, 5.41) is 9.46. The summed E-state index contributed by atoms with van der Waals surface area (Å²) < 4.78 is 17.7. The Balaban J connectivity index is 2.40. The van der Waals surface area contributed by atoms with Crippen molar-refractivity contribution >= 4 is 0 Å². The molecule has 1 N–H and O–H groups in total. The van der Waals surface area contributed by atoms with E-state index in [0.717, 1.165) is 0 Å². The van der Waals surface area contributed by atoms with Crippen molar-refractivity contribution in [3.05, 3.63) is 41.8 Å². The molecule has 5 heteroatoms. The first kappa shape index (κ1) is 11.5. The van der Waals surface area contributed by atoms with Crippen LogP contribution in [0.25, 0.3) is 11.4 Å². The molecule has 0 fully saturated rings. The highest BCUT2D eigenvalue weighted by molar-refractivity contribution is 5.55. The molecule has 0 amide bonds. The minimum Gasteiger partial charge on any atom is -0.493 e. The highest BCUT2D eigenvalue weighted by Gasteiger charge is 2.06. The maximum absolute atomic E-state index is 12.8. The fourth-order valence-electron chi connectivity index (χ4n) is 1.43. The topological polar surface area (TPSA) is 55.2 Å². The van der Waals surface area contributed by atoms with Gasteiger partial charge >= 0.3 is 0 Å². The Morgan fingerprint density at radius 3 is 2.59 bits per heavy atom. The van der Waals surface area contributed by atoms with Gasteiger partial charge in [0.1, 0.15) is 5.82 Å². The zero-order valence-corrected chi connectivity index (χ0v) is 9.22. The summed E-state index contributed by atoms with van der Waals surface area (Å²) >= 11 is 0. The minimum absolute atomic E-state index is 0.133. The Kier molecular flexibility index (Phi) is 3.30. The average molecular weight is 234 g/mol. The highest BCUT2D eigenvalue weighted by Crippen LogP contribution is 2.19. The van der Waals surface area contributed by atoms with Crippen molar-refractivity contribution in [1.29, 1.82) is 0 Å². The molecule has 0 unspecified atom stereocenters. The van der Waals surface area contributed by atoms with Crippen LogP contribution in [0.15, 0.2) is 30.3 Å². The van der Waals surface area contributed by atoms with Gasteiger partial charge in [0.05, 0.1) is 12.3 Å². The molecule has 4 nitrogen and oxygen atoms in total. The Hall–Kier alpha value is -2.01. The van der Waals surface area contributed by atoms with Gasteiger partial charge in [-0.25, -0.2) is 9.37 Å². The molecule has 0 saturated carbocycles. The van der Waals surface area contributed by atoms with Gasteiger partial charge in [0.25, 0.3) is 0 Å². The first-order valence-electron chi connectivity index (χ1n) is 5.01. The van der Waals surface area contributed by atoms with Crippen molar-refractivity contribution in [3.63, 3.8) is 0 Å². The van der Waals surface area contributed by atoms with E-state index in [-0.39, 0.29) is 18.3 Å². The first-order valence-corrected chi connectivity index (χ1v) is 5.01. The predicted octanol–water partition coefficient (Wildman–Crippen LogP) is 2.13. The lowest BCUT2D eigenvalue weighted by molar-refractivity contribution is 0.181. The fourth-order valence-corrected chi connectivity index (χ4v) is 1.43. The molecule has 0 aliphatic heterocycles. The van der Waals surface area contributed by atoms with Crippen LogP contribution < -0.4 is 0 Å². The van der Waals surface area contributed by atoms with E-state index in [4.69, 9.17) is 4.74 Å². The molecule has 0 aliphatic carbocycles. The van der Waals surface area contributed by atoms with E-state index in [0.29, 0.717) is 17.1 Å². The zero-order valence-electron chi connectivity index (χ0n) is 9.22. The number of aromatic hydroxyl groups is 1. The number of nitrogens with zero attached hydrogens (tertiary/aromatic N) is 2. The Labute approximate surface area is 97.7 Å². The summed E-state index contributed by atoms with van der Waals surface area (Å²) in [7, 11) is 1.54. The number of ether oxygens (including phenoxy) is 1. The number of halogens is 1. The molecule has 88 valence electrons.